The zero-order valence-corrected chi connectivity index (χ0v) is 13.2. The van der Waals surface area contributed by atoms with E-state index in [1.807, 2.05) is 12.3 Å². The van der Waals surface area contributed by atoms with Crippen molar-refractivity contribution in [3.05, 3.63) is 18.3 Å². The molecule has 1 aliphatic heterocycles. The Morgan fingerprint density at radius 2 is 2.15 bits per heavy atom. The summed E-state index contributed by atoms with van der Waals surface area (Å²) < 4.78 is 0. The van der Waals surface area contributed by atoms with Crippen LogP contribution < -0.4 is 15.5 Å². The summed E-state index contributed by atoms with van der Waals surface area (Å²) in [6.45, 7) is 7.55. The average molecular weight is 292 g/mol. The summed E-state index contributed by atoms with van der Waals surface area (Å²) in [5.74, 6) is 1.91. The highest BCUT2D eigenvalue weighted by Gasteiger charge is 2.16. The molecule has 0 bridgehead atoms. The fourth-order valence-corrected chi connectivity index (χ4v) is 2.52. The normalized spacial score (nSPS) is 16.0. The van der Waals surface area contributed by atoms with Crippen molar-refractivity contribution in [3.63, 3.8) is 0 Å². The van der Waals surface area contributed by atoms with E-state index in [-0.39, 0.29) is 0 Å². The number of pyridine rings is 1. The van der Waals surface area contributed by atoms with Crippen LogP contribution in [0.1, 0.15) is 33.1 Å². The second-order valence-corrected chi connectivity index (χ2v) is 5.86. The van der Waals surface area contributed by atoms with Crippen molar-refractivity contribution < 1.29 is 0 Å². The standard InChI is InChI=1S/C15H24N4S/c1-3-8-16-15(20)18-13-4-5-14(17-11-13)19-9-6-12(2)7-10-19/h4-5,11-12H,3,6-10H2,1-2H3,(H2,16,18,20). The number of nitrogens with zero attached hydrogens (tertiary/aromatic N) is 2. The molecule has 2 rings (SSSR count). The lowest BCUT2D eigenvalue weighted by Gasteiger charge is -2.31. The summed E-state index contributed by atoms with van der Waals surface area (Å²) in [6.07, 6.45) is 5.43. The van der Waals surface area contributed by atoms with Crippen molar-refractivity contribution in [2.45, 2.75) is 33.1 Å². The fraction of sp³-hybridized carbons (Fsp3) is 0.600. The zero-order valence-electron chi connectivity index (χ0n) is 12.4. The number of nitrogens with one attached hydrogen (secondary N) is 2. The van der Waals surface area contributed by atoms with E-state index >= 15 is 0 Å². The predicted molar refractivity (Wildman–Crippen MR) is 89.4 cm³/mol. The van der Waals surface area contributed by atoms with Crippen molar-refractivity contribution in [1.82, 2.24) is 10.3 Å². The Morgan fingerprint density at radius 3 is 2.75 bits per heavy atom. The van der Waals surface area contributed by atoms with Gasteiger partial charge < -0.3 is 15.5 Å². The molecule has 20 heavy (non-hydrogen) atoms. The molecule has 0 saturated carbocycles. The van der Waals surface area contributed by atoms with Crippen molar-refractivity contribution >= 4 is 28.8 Å². The second-order valence-electron chi connectivity index (χ2n) is 5.46. The molecule has 0 aliphatic carbocycles. The third-order valence-corrected chi connectivity index (χ3v) is 3.90. The fourth-order valence-electron chi connectivity index (χ4n) is 2.30. The van der Waals surface area contributed by atoms with E-state index < -0.39 is 0 Å². The van der Waals surface area contributed by atoms with Gasteiger partial charge in [-0.15, -0.1) is 0 Å². The van der Waals surface area contributed by atoms with Crippen LogP contribution in [0.15, 0.2) is 18.3 Å². The predicted octanol–water partition coefficient (Wildman–Crippen LogP) is 3.01. The van der Waals surface area contributed by atoms with Gasteiger partial charge in [-0.2, -0.15) is 0 Å². The van der Waals surface area contributed by atoms with E-state index in [0.717, 1.165) is 43.5 Å². The summed E-state index contributed by atoms with van der Waals surface area (Å²) in [5, 5.41) is 6.96. The monoisotopic (exact) mass is 292 g/mol. The minimum Gasteiger partial charge on any atom is -0.362 e. The van der Waals surface area contributed by atoms with Crippen molar-refractivity contribution in [3.8, 4) is 0 Å². The van der Waals surface area contributed by atoms with Gasteiger partial charge >= 0.3 is 0 Å². The number of thiocarbonyl (C=S) groups is 1. The third-order valence-electron chi connectivity index (χ3n) is 3.65. The highest BCUT2D eigenvalue weighted by atomic mass is 32.1. The van der Waals surface area contributed by atoms with E-state index in [4.69, 9.17) is 12.2 Å². The number of hydrogen-bond donors (Lipinski definition) is 2. The first-order chi connectivity index (χ1) is 9.69. The maximum atomic E-state index is 5.21. The van der Waals surface area contributed by atoms with Gasteiger partial charge in [0.2, 0.25) is 0 Å². The van der Waals surface area contributed by atoms with Crippen LogP contribution in [0.4, 0.5) is 11.5 Å². The molecule has 110 valence electrons. The molecule has 1 saturated heterocycles. The number of rotatable bonds is 4. The summed E-state index contributed by atoms with van der Waals surface area (Å²) in [5.41, 5.74) is 0.938. The Hall–Kier alpha value is -1.36. The van der Waals surface area contributed by atoms with Crippen molar-refractivity contribution in [2.24, 2.45) is 5.92 Å². The van der Waals surface area contributed by atoms with Gasteiger partial charge in [-0.3, -0.25) is 0 Å². The molecule has 2 N–H and O–H groups in total. The number of anilines is 2. The zero-order chi connectivity index (χ0) is 14.4. The van der Waals surface area contributed by atoms with Gasteiger partial charge in [0.05, 0.1) is 11.9 Å². The second kappa shape index (κ2) is 7.43. The van der Waals surface area contributed by atoms with Crippen LogP contribution in [0.5, 0.6) is 0 Å². The minimum atomic E-state index is 0.660. The molecule has 0 spiro atoms. The third kappa shape index (κ3) is 4.34. The van der Waals surface area contributed by atoms with Crippen molar-refractivity contribution in [2.75, 3.05) is 29.9 Å². The lowest BCUT2D eigenvalue weighted by Crippen LogP contribution is -2.33. The van der Waals surface area contributed by atoms with Gasteiger partial charge in [-0.25, -0.2) is 4.98 Å². The first-order valence-corrected chi connectivity index (χ1v) is 7.85. The molecule has 1 fully saturated rings. The number of piperidine rings is 1. The number of hydrogen-bond acceptors (Lipinski definition) is 3. The van der Waals surface area contributed by atoms with Crippen LogP contribution in [-0.2, 0) is 0 Å². The smallest absolute Gasteiger partial charge is 0.170 e. The molecule has 0 unspecified atom stereocenters. The van der Waals surface area contributed by atoms with Crippen molar-refractivity contribution in [1.29, 1.82) is 0 Å². The van der Waals surface area contributed by atoms with Crippen LogP contribution >= 0.6 is 12.2 Å². The SMILES string of the molecule is CCCNC(=S)Nc1ccc(N2CCC(C)CC2)nc1. The molecular weight excluding hydrogens is 268 g/mol. The first kappa shape index (κ1) is 15.0. The highest BCUT2D eigenvalue weighted by Crippen LogP contribution is 2.21. The van der Waals surface area contributed by atoms with Gasteiger partial charge in [0.1, 0.15) is 5.82 Å². The summed E-state index contributed by atoms with van der Waals surface area (Å²) >= 11 is 5.21. The molecule has 2 heterocycles. The first-order valence-electron chi connectivity index (χ1n) is 7.45. The lowest BCUT2D eigenvalue weighted by atomic mass is 9.99. The van der Waals surface area contributed by atoms with Gasteiger partial charge in [0, 0.05) is 19.6 Å². The molecule has 0 radical (unpaired) electrons. The van der Waals surface area contributed by atoms with E-state index in [2.05, 4.69) is 40.4 Å². The highest BCUT2D eigenvalue weighted by molar-refractivity contribution is 7.80. The van der Waals surface area contributed by atoms with Gasteiger partial charge in [0.15, 0.2) is 5.11 Å². The molecule has 4 nitrogen and oxygen atoms in total. The van der Waals surface area contributed by atoms with Crippen LogP contribution in [-0.4, -0.2) is 29.7 Å². The van der Waals surface area contributed by atoms with E-state index in [1.54, 1.807) is 0 Å². The molecule has 1 aromatic rings. The van der Waals surface area contributed by atoms with Crippen LogP contribution in [0.25, 0.3) is 0 Å². The molecule has 0 amide bonds. The summed E-state index contributed by atoms with van der Waals surface area (Å²) in [4.78, 5) is 6.90. The van der Waals surface area contributed by atoms with Crippen LogP contribution in [0, 0.1) is 5.92 Å². The Bertz CT molecular complexity index is 424. The molecule has 5 heteroatoms. The Balaban J connectivity index is 1.88. The molecule has 0 aromatic carbocycles. The van der Waals surface area contributed by atoms with E-state index in [9.17, 15) is 0 Å². The maximum absolute atomic E-state index is 5.21. The average Bonchev–Trinajstić information content (AvgIpc) is 2.47. The maximum Gasteiger partial charge on any atom is 0.170 e. The van der Waals surface area contributed by atoms with E-state index in [1.165, 1.54) is 12.8 Å². The number of aromatic nitrogens is 1. The molecule has 0 atom stereocenters. The lowest BCUT2D eigenvalue weighted by molar-refractivity contribution is 0.436. The quantitative estimate of drug-likeness (QED) is 0.835. The van der Waals surface area contributed by atoms with Crippen LogP contribution in [0.2, 0.25) is 0 Å². The minimum absolute atomic E-state index is 0.660. The Morgan fingerprint density at radius 1 is 1.40 bits per heavy atom. The van der Waals surface area contributed by atoms with Gasteiger partial charge in [0.25, 0.3) is 0 Å². The largest absolute Gasteiger partial charge is 0.362 e. The van der Waals surface area contributed by atoms with Gasteiger partial charge in [-0.05, 0) is 49.5 Å². The Kier molecular flexibility index (Phi) is 5.59. The summed E-state index contributed by atoms with van der Waals surface area (Å²) in [6, 6.07) is 4.11. The molecule has 1 aliphatic rings. The van der Waals surface area contributed by atoms with Crippen LogP contribution in [0.3, 0.4) is 0 Å². The Labute approximate surface area is 127 Å². The van der Waals surface area contributed by atoms with E-state index in [0.29, 0.717) is 5.11 Å². The topological polar surface area (TPSA) is 40.2 Å². The van der Waals surface area contributed by atoms with Gasteiger partial charge in [-0.1, -0.05) is 13.8 Å². The molecule has 1 aromatic heterocycles. The summed E-state index contributed by atoms with van der Waals surface area (Å²) in [7, 11) is 0. The molecular formula is C15H24N4S.